The molecule has 4 rings (SSSR count). The SMILES string of the molecule is CCCc1ccc(-c2cccc3c2C(C)=C(C2CCCC2)C3)cc1. The molecule has 0 spiro atoms. The summed E-state index contributed by atoms with van der Waals surface area (Å²) in [5, 5.41) is 0. The Hall–Kier alpha value is -1.82. The van der Waals surface area contributed by atoms with Gasteiger partial charge in [-0.05, 0) is 71.9 Å². The number of rotatable bonds is 4. The van der Waals surface area contributed by atoms with Crippen LogP contribution >= 0.6 is 0 Å². The average Bonchev–Trinajstić information content (AvgIpc) is 3.24. The van der Waals surface area contributed by atoms with Crippen molar-refractivity contribution in [2.45, 2.75) is 58.8 Å². The van der Waals surface area contributed by atoms with Crippen LogP contribution in [0.2, 0.25) is 0 Å². The summed E-state index contributed by atoms with van der Waals surface area (Å²) in [6.45, 7) is 4.62. The lowest BCUT2D eigenvalue weighted by Gasteiger charge is -2.13. The van der Waals surface area contributed by atoms with Crippen molar-refractivity contribution in [3.05, 3.63) is 64.7 Å². The minimum absolute atomic E-state index is 0.845. The minimum atomic E-state index is 0.845. The number of fused-ring (bicyclic) bond motifs is 1. The second-order valence-corrected chi connectivity index (χ2v) is 7.60. The first-order valence-electron chi connectivity index (χ1n) is 9.69. The predicted molar refractivity (Wildman–Crippen MR) is 104 cm³/mol. The molecule has 0 heteroatoms. The van der Waals surface area contributed by atoms with Gasteiger partial charge in [0.25, 0.3) is 0 Å². The van der Waals surface area contributed by atoms with Gasteiger partial charge in [0.2, 0.25) is 0 Å². The molecule has 24 heavy (non-hydrogen) atoms. The molecule has 0 saturated heterocycles. The Labute approximate surface area is 146 Å². The van der Waals surface area contributed by atoms with Crippen molar-refractivity contribution in [3.63, 3.8) is 0 Å². The van der Waals surface area contributed by atoms with Crippen LogP contribution in [0.4, 0.5) is 0 Å². The molecule has 2 aliphatic carbocycles. The first-order chi connectivity index (χ1) is 11.8. The van der Waals surface area contributed by atoms with E-state index in [-0.39, 0.29) is 0 Å². The minimum Gasteiger partial charge on any atom is -0.0651 e. The number of aryl methyl sites for hydroxylation is 1. The first-order valence-corrected chi connectivity index (χ1v) is 9.69. The van der Waals surface area contributed by atoms with Crippen molar-refractivity contribution >= 4 is 5.57 Å². The van der Waals surface area contributed by atoms with E-state index < -0.39 is 0 Å². The van der Waals surface area contributed by atoms with Gasteiger partial charge in [-0.1, -0.05) is 74.2 Å². The number of benzene rings is 2. The van der Waals surface area contributed by atoms with Gasteiger partial charge in [0.05, 0.1) is 0 Å². The normalized spacial score (nSPS) is 17.6. The lowest BCUT2D eigenvalue weighted by Crippen LogP contribution is -1.99. The lowest BCUT2D eigenvalue weighted by atomic mass is 9.92. The van der Waals surface area contributed by atoms with E-state index in [4.69, 9.17) is 0 Å². The molecule has 0 heterocycles. The zero-order valence-corrected chi connectivity index (χ0v) is 15.1. The van der Waals surface area contributed by atoms with Gasteiger partial charge in [-0.15, -0.1) is 0 Å². The van der Waals surface area contributed by atoms with Gasteiger partial charge in [0.1, 0.15) is 0 Å². The lowest BCUT2D eigenvalue weighted by molar-refractivity contribution is 0.632. The maximum absolute atomic E-state index is 2.37. The van der Waals surface area contributed by atoms with E-state index in [1.807, 2.05) is 0 Å². The molecule has 0 aliphatic heterocycles. The van der Waals surface area contributed by atoms with Crippen molar-refractivity contribution in [2.75, 3.05) is 0 Å². The summed E-state index contributed by atoms with van der Waals surface area (Å²) in [6.07, 6.45) is 9.23. The van der Waals surface area contributed by atoms with Crippen LogP contribution in [-0.2, 0) is 12.8 Å². The summed E-state index contributed by atoms with van der Waals surface area (Å²) in [7, 11) is 0. The van der Waals surface area contributed by atoms with Crippen molar-refractivity contribution in [2.24, 2.45) is 5.92 Å². The van der Waals surface area contributed by atoms with Crippen molar-refractivity contribution in [3.8, 4) is 11.1 Å². The second kappa shape index (κ2) is 6.59. The number of hydrogen-bond donors (Lipinski definition) is 0. The maximum Gasteiger partial charge on any atom is -0.00521 e. The Balaban J connectivity index is 1.73. The topological polar surface area (TPSA) is 0 Å². The molecule has 1 saturated carbocycles. The summed E-state index contributed by atoms with van der Waals surface area (Å²) in [4.78, 5) is 0. The van der Waals surface area contributed by atoms with Crippen molar-refractivity contribution in [1.29, 1.82) is 0 Å². The fraction of sp³-hybridized carbons (Fsp3) is 0.417. The van der Waals surface area contributed by atoms with Crippen LogP contribution in [-0.4, -0.2) is 0 Å². The molecule has 0 nitrogen and oxygen atoms in total. The van der Waals surface area contributed by atoms with E-state index in [0.29, 0.717) is 0 Å². The molecule has 0 radical (unpaired) electrons. The highest BCUT2D eigenvalue weighted by Gasteiger charge is 2.28. The van der Waals surface area contributed by atoms with E-state index >= 15 is 0 Å². The largest absolute Gasteiger partial charge is 0.0651 e. The van der Waals surface area contributed by atoms with Gasteiger partial charge in [0.15, 0.2) is 0 Å². The molecule has 124 valence electrons. The molecule has 0 amide bonds. The van der Waals surface area contributed by atoms with E-state index in [1.54, 1.807) is 16.7 Å². The highest BCUT2D eigenvalue weighted by atomic mass is 14.3. The van der Waals surface area contributed by atoms with E-state index in [9.17, 15) is 0 Å². The van der Waals surface area contributed by atoms with Crippen LogP contribution < -0.4 is 0 Å². The Morgan fingerprint density at radius 2 is 1.71 bits per heavy atom. The Kier molecular flexibility index (Phi) is 4.31. The molecule has 1 fully saturated rings. The van der Waals surface area contributed by atoms with Crippen LogP contribution in [0.3, 0.4) is 0 Å². The third kappa shape index (κ3) is 2.73. The average molecular weight is 316 g/mol. The molecular weight excluding hydrogens is 288 g/mol. The molecule has 0 aromatic heterocycles. The summed E-state index contributed by atoms with van der Waals surface area (Å²) in [5.41, 5.74) is 10.6. The predicted octanol–water partition coefficient (Wildman–Crippen LogP) is 6.83. The fourth-order valence-electron chi connectivity index (χ4n) is 4.79. The van der Waals surface area contributed by atoms with Crippen LogP contribution in [0.5, 0.6) is 0 Å². The first kappa shape index (κ1) is 15.7. The van der Waals surface area contributed by atoms with Crippen LogP contribution in [0.15, 0.2) is 48.0 Å². The van der Waals surface area contributed by atoms with Gasteiger partial charge in [-0.2, -0.15) is 0 Å². The maximum atomic E-state index is 2.37. The Bertz CT molecular complexity index is 755. The molecule has 0 atom stereocenters. The van der Waals surface area contributed by atoms with E-state index in [1.165, 1.54) is 67.2 Å². The zero-order valence-electron chi connectivity index (χ0n) is 15.1. The van der Waals surface area contributed by atoms with Gasteiger partial charge in [0, 0.05) is 0 Å². The Morgan fingerprint density at radius 3 is 2.42 bits per heavy atom. The fourth-order valence-corrected chi connectivity index (χ4v) is 4.79. The summed E-state index contributed by atoms with van der Waals surface area (Å²) in [6, 6.07) is 16.2. The van der Waals surface area contributed by atoms with Gasteiger partial charge >= 0.3 is 0 Å². The van der Waals surface area contributed by atoms with Gasteiger partial charge in [-0.25, -0.2) is 0 Å². The standard InChI is InChI=1S/C24H28/c1-3-7-18-12-14-20(15-13-18)22-11-6-10-21-16-23(17(2)24(21)22)19-8-4-5-9-19/h6,10-15,19H,3-5,7-9,16H2,1-2H3. The molecule has 0 unspecified atom stereocenters. The summed E-state index contributed by atoms with van der Waals surface area (Å²) < 4.78 is 0. The van der Waals surface area contributed by atoms with Crippen LogP contribution in [0, 0.1) is 5.92 Å². The quantitative estimate of drug-likeness (QED) is 0.580. The smallest absolute Gasteiger partial charge is 0.00521 e. The van der Waals surface area contributed by atoms with Crippen LogP contribution in [0.25, 0.3) is 16.7 Å². The third-order valence-corrected chi connectivity index (χ3v) is 6.04. The summed E-state index contributed by atoms with van der Waals surface area (Å²) >= 11 is 0. The third-order valence-electron chi connectivity index (χ3n) is 6.04. The van der Waals surface area contributed by atoms with E-state index in [2.05, 4.69) is 56.3 Å². The van der Waals surface area contributed by atoms with Crippen molar-refractivity contribution < 1.29 is 0 Å². The highest BCUT2D eigenvalue weighted by molar-refractivity contribution is 5.87. The van der Waals surface area contributed by atoms with Crippen LogP contribution in [0.1, 0.15) is 62.6 Å². The van der Waals surface area contributed by atoms with Gasteiger partial charge in [-0.3, -0.25) is 0 Å². The van der Waals surface area contributed by atoms with Gasteiger partial charge < -0.3 is 0 Å². The Morgan fingerprint density at radius 1 is 0.958 bits per heavy atom. The molecule has 2 aromatic rings. The molecule has 0 N–H and O–H groups in total. The number of hydrogen-bond acceptors (Lipinski definition) is 0. The van der Waals surface area contributed by atoms with Crippen molar-refractivity contribution in [1.82, 2.24) is 0 Å². The molecule has 2 aromatic carbocycles. The second-order valence-electron chi connectivity index (χ2n) is 7.60. The number of allylic oxidation sites excluding steroid dienone is 2. The van der Waals surface area contributed by atoms with E-state index in [0.717, 1.165) is 5.92 Å². The highest BCUT2D eigenvalue weighted by Crippen LogP contribution is 2.45. The monoisotopic (exact) mass is 316 g/mol. The molecular formula is C24H28. The summed E-state index contributed by atoms with van der Waals surface area (Å²) in [5.74, 6) is 0.845. The molecule has 2 aliphatic rings. The molecule has 0 bridgehead atoms. The zero-order chi connectivity index (χ0) is 16.5.